The molecule has 0 radical (unpaired) electrons. The van der Waals surface area contributed by atoms with E-state index in [4.69, 9.17) is 5.73 Å². The number of hydrogen-bond donors (Lipinski definition) is 2. The molecule has 3 N–H and O–H groups in total. The Balaban J connectivity index is 0.00000243. The molecule has 1 amide bonds. The SMILES string of the molecule is Cl.NCCC(=O)NCC1CCCCN1Cc1ccc(-n2ccnc2)cc1. The molecule has 1 unspecified atom stereocenters. The summed E-state index contributed by atoms with van der Waals surface area (Å²) in [4.78, 5) is 18.3. The third kappa shape index (κ3) is 5.56. The number of aromatic nitrogens is 2. The van der Waals surface area contributed by atoms with Crippen LogP contribution in [0.25, 0.3) is 5.69 Å². The predicted octanol–water partition coefficient (Wildman–Crippen LogP) is 2.11. The number of imidazole rings is 1. The monoisotopic (exact) mass is 377 g/mol. The zero-order chi connectivity index (χ0) is 17.5. The van der Waals surface area contributed by atoms with Crippen LogP contribution in [0.5, 0.6) is 0 Å². The molecule has 0 aliphatic carbocycles. The summed E-state index contributed by atoms with van der Waals surface area (Å²) in [7, 11) is 0. The molecule has 1 atom stereocenters. The van der Waals surface area contributed by atoms with Crippen LogP contribution in [0.15, 0.2) is 43.0 Å². The van der Waals surface area contributed by atoms with Gasteiger partial charge in [-0.3, -0.25) is 9.69 Å². The Bertz CT molecular complexity index is 659. The molecule has 1 aliphatic rings. The second kappa shape index (κ2) is 10.3. The number of carbonyl (C=O) groups excluding carboxylic acids is 1. The lowest BCUT2D eigenvalue weighted by Gasteiger charge is -2.36. The summed E-state index contributed by atoms with van der Waals surface area (Å²) in [6, 6.07) is 9.00. The van der Waals surface area contributed by atoms with Gasteiger partial charge >= 0.3 is 0 Å². The average Bonchev–Trinajstić information content (AvgIpc) is 3.17. The summed E-state index contributed by atoms with van der Waals surface area (Å²) in [5, 5.41) is 3.03. The smallest absolute Gasteiger partial charge is 0.221 e. The summed E-state index contributed by atoms with van der Waals surface area (Å²) in [6.45, 7) is 3.12. The third-order valence-electron chi connectivity index (χ3n) is 4.78. The molecule has 0 saturated carbocycles. The van der Waals surface area contributed by atoms with E-state index in [1.807, 2.05) is 10.8 Å². The average molecular weight is 378 g/mol. The first kappa shape index (κ1) is 20.4. The number of rotatable bonds is 7. The topological polar surface area (TPSA) is 76.2 Å². The number of nitrogens with zero attached hydrogens (tertiary/aromatic N) is 3. The van der Waals surface area contributed by atoms with E-state index < -0.39 is 0 Å². The summed E-state index contributed by atoms with van der Waals surface area (Å²) in [5.74, 6) is 0.0534. The van der Waals surface area contributed by atoms with E-state index in [0.29, 0.717) is 25.6 Å². The first-order chi connectivity index (χ1) is 12.3. The van der Waals surface area contributed by atoms with E-state index in [-0.39, 0.29) is 18.3 Å². The number of hydrogen-bond acceptors (Lipinski definition) is 4. The first-order valence-corrected chi connectivity index (χ1v) is 9.04. The van der Waals surface area contributed by atoms with Crippen molar-refractivity contribution >= 4 is 18.3 Å². The maximum Gasteiger partial charge on any atom is 0.221 e. The molecule has 1 aromatic heterocycles. The first-order valence-electron chi connectivity index (χ1n) is 9.04. The minimum atomic E-state index is 0. The predicted molar refractivity (Wildman–Crippen MR) is 106 cm³/mol. The lowest BCUT2D eigenvalue weighted by Crippen LogP contribution is -2.46. The van der Waals surface area contributed by atoms with Crippen molar-refractivity contribution in [2.75, 3.05) is 19.6 Å². The molecule has 6 nitrogen and oxygen atoms in total. The molecule has 3 rings (SSSR count). The molecule has 0 bridgehead atoms. The van der Waals surface area contributed by atoms with Gasteiger partial charge in [0.15, 0.2) is 0 Å². The van der Waals surface area contributed by atoms with Gasteiger partial charge in [-0.25, -0.2) is 4.98 Å². The summed E-state index contributed by atoms with van der Waals surface area (Å²) < 4.78 is 2.00. The largest absolute Gasteiger partial charge is 0.354 e. The minimum Gasteiger partial charge on any atom is -0.354 e. The Hall–Kier alpha value is -1.89. The summed E-state index contributed by atoms with van der Waals surface area (Å²) in [6.07, 6.45) is 9.52. The van der Waals surface area contributed by atoms with Gasteiger partial charge in [0.2, 0.25) is 5.91 Å². The molecule has 2 aromatic rings. The van der Waals surface area contributed by atoms with Crippen LogP contribution < -0.4 is 11.1 Å². The third-order valence-corrected chi connectivity index (χ3v) is 4.78. The second-order valence-corrected chi connectivity index (χ2v) is 6.60. The van der Waals surface area contributed by atoms with Gasteiger partial charge in [0.05, 0.1) is 6.33 Å². The van der Waals surface area contributed by atoms with Crippen molar-refractivity contribution in [2.24, 2.45) is 5.73 Å². The second-order valence-electron chi connectivity index (χ2n) is 6.60. The van der Waals surface area contributed by atoms with Crippen molar-refractivity contribution in [2.45, 2.75) is 38.3 Å². The van der Waals surface area contributed by atoms with Gasteiger partial charge < -0.3 is 15.6 Å². The fourth-order valence-corrected chi connectivity index (χ4v) is 3.37. The van der Waals surface area contributed by atoms with E-state index in [0.717, 1.165) is 25.2 Å². The van der Waals surface area contributed by atoms with E-state index in [1.165, 1.54) is 18.4 Å². The Kier molecular flexibility index (Phi) is 8.09. The zero-order valence-electron chi connectivity index (χ0n) is 15.0. The van der Waals surface area contributed by atoms with Crippen molar-refractivity contribution in [3.8, 4) is 5.69 Å². The fourth-order valence-electron chi connectivity index (χ4n) is 3.37. The van der Waals surface area contributed by atoms with Crippen molar-refractivity contribution in [3.63, 3.8) is 0 Å². The Morgan fingerprint density at radius 2 is 2.08 bits per heavy atom. The number of benzene rings is 1. The van der Waals surface area contributed by atoms with Crippen LogP contribution in [-0.4, -0.2) is 46.0 Å². The van der Waals surface area contributed by atoms with Gasteiger partial charge in [0, 0.05) is 50.2 Å². The Morgan fingerprint density at radius 1 is 1.27 bits per heavy atom. The molecule has 2 heterocycles. The van der Waals surface area contributed by atoms with E-state index in [9.17, 15) is 4.79 Å². The maximum atomic E-state index is 11.7. The van der Waals surface area contributed by atoms with Crippen LogP contribution in [0, 0.1) is 0 Å². The van der Waals surface area contributed by atoms with E-state index >= 15 is 0 Å². The van der Waals surface area contributed by atoms with Crippen LogP contribution >= 0.6 is 12.4 Å². The minimum absolute atomic E-state index is 0. The van der Waals surface area contributed by atoms with Gasteiger partial charge in [-0.1, -0.05) is 18.6 Å². The molecule has 26 heavy (non-hydrogen) atoms. The summed E-state index contributed by atoms with van der Waals surface area (Å²) in [5.41, 5.74) is 7.85. The molecule has 1 aliphatic heterocycles. The molecule has 1 aromatic carbocycles. The van der Waals surface area contributed by atoms with Crippen molar-refractivity contribution in [3.05, 3.63) is 48.5 Å². The summed E-state index contributed by atoms with van der Waals surface area (Å²) >= 11 is 0. The molecule has 142 valence electrons. The maximum absolute atomic E-state index is 11.7. The van der Waals surface area contributed by atoms with Crippen molar-refractivity contribution in [1.82, 2.24) is 19.8 Å². The molecule has 1 saturated heterocycles. The van der Waals surface area contributed by atoms with Crippen LogP contribution in [0.2, 0.25) is 0 Å². The highest BCUT2D eigenvalue weighted by molar-refractivity contribution is 5.85. The van der Waals surface area contributed by atoms with Gasteiger partial charge in [-0.2, -0.15) is 0 Å². The quantitative estimate of drug-likeness (QED) is 0.774. The van der Waals surface area contributed by atoms with E-state index in [2.05, 4.69) is 39.5 Å². The van der Waals surface area contributed by atoms with Crippen molar-refractivity contribution in [1.29, 1.82) is 0 Å². The lowest BCUT2D eigenvalue weighted by molar-refractivity contribution is -0.121. The molecule has 0 spiro atoms. The molecule has 1 fully saturated rings. The highest BCUT2D eigenvalue weighted by atomic mass is 35.5. The number of nitrogens with two attached hydrogens (primary N) is 1. The Morgan fingerprint density at radius 3 is 2.77 bits per heavy atom. The highest BCUT2D eigenvalue weighted by Gasteiger charge is 2.22. The molecular weight excluding hydrogens is 350 g/mol. The number of carbonyl (C=O) groups is 1. The number of piperidine rings is 1. The standard InChI is InChI=1S/C19H27N5O.ClH/c20-9-8-19(25)22-13-18-3-1-2-11-23(18)14-16-4-6-17(7-5-16)24-12-10-21-15-24;/h4-7,10,12,15,18H,1-3,8-9,11,13-14,20H2,(H,22,25);1H. The van der Waals surface area contributed by atoms with Gasteiger partial charge in [-0.05, 0) is 37.1 Å². The van der Waals surface area contributed by atoms with Gasteiger partial charge in [-0.15, -0.1) is 12.4 Å². The highest BCUT2D eigenvalue weighted by Crippen LogP contribution is 2.20. The van der Waals surface area contributed by atoms with Crippen LogP contribution in [0.1, 0.15) is 31.2 Å². The number of halogens is 1. The van der Waals surface area contributed by atoms with Crippen LogP contribution in [0.3, 0.4) is 0 Å². The molecular formula is C19H28ClN5O. The van der Waals surface area contributed by atoms with Gasteiger partial charge in [0.25, 0.3) is 0 Å². The van der Waals surface area contributed by atoms with Crippen molar-refractivity contribution < 1.29 is 4.79 Å². The zero-order valence-corrected chi connectivity index (χ0v) is 15.8. The van der Waals surface area contributed by atoms with Crippen LogP contribution in [-0.2, 0) is 11.3 Å². The fraction of sp³-hybridized carbons (Fsp3) is 0.474. The molecule has 7 heteroatoms. The lowest BCUT2D eigenvalue weighted by atomic mass is 10.0. The van der Waals surface area contributed by atoms with E-state index in [1.54, 1.807) is 12.5 Å². The number of amides is 1. The number of likely N-dealkylation sites (tertiary alicyclic amines) is 1. The Labute approximate surface area is 161 Å². The van der Waals surface area contributed by atoms with Crippen LogP contribution in [0.4, 0.5) is 0 Å². The number of nitrogens with one attached hydrogen (secondary N) is 1. The van der Waals surface area contributed by atoms with Gasteiger partial charge in [0.1, 0.15) is 0 Å². The normalized spacial score (nSPS) is 17.5.